The molecule has 4 aromatic carbocycles. The van der Waals surface area contributed by atoms with Crippen LogP contribution in [-0.4, -0.2) is 125 Å². The topological polar surface area (TPSA) is 138 Å². The molecule has 0 saturated carbocycles. The highest BCUT2D eigenvalue weighted by atomic mass is 16.6. The Kier molecular flexibility index (Phi) is 14.8. The SMILES string of the molecule is COC(=O)CN1CCOCCN(CC(=O)OC)c2cc(OCC(=O)OC(C)(C)C)c(C3c4ccc(N(C)C)cc4Oc4cc(N(C)C)ccc43)cc2OCCOc2cc(C)ccc21. The van der Waals surface area contributed by atoms with Crippen LogP contribution in [0, 0.1) is 6.92 Å². The van der Waals surface area contributed by atoms with Gasteiger partial charge in [0.15, 0.2) is 6.61 Å². The Morgan fingerprint density at radius 3 is 1.71 bits per heavy atom. The van der Waals surface area contributed by atoms with Gasteiger partial charge >= 0.3 is 17.9 Å². The summed E-state index contributed by atoms with van der Waals surface area (Å²) in [6, 6.07) is 21.7. The van der Waals surface area contributed by atoms with Gasteiger partial charge in [0.05, 0.1) is 38.8 Å². The summed E-state index contributed by atoms with van der Waals surface area (Å²) in [7, 11) is 10.6. The first-order valence-corrected chi connectivity index (χ1v) is 21.0. The molecule has 15 heteroatoms. The summed E-state index contributed by atoms with van der Waals surface area (Å²) in [5.74, 6) is 0.795. The van der Waals surface area contributed by atoms with Gasteiger partial charge in [0.1, 0.15) is 60.7 Å². The van der Waals surface area contributed by atoms with Crippen molar-refractivity contribution in [1.29, 1.82) is 0 Å². The molecule has 0 radical (unpaired) electrons. The van der Waals surface area contributed by atoms with Crippen molar-refractivity contribution in [3.8, 4) is 28.7 Å². The molecule has 4 aromatic rings. The number of carbonyl (C=O) groups is 3. The van der Waals surface area contributed by atoms with E-state index in [-0.39, 0.29) is 52.7 Å². The molecule has 2 aliphatic rings. The number of nitrogens with zero attached hydrogens (tertiary/aromatic N) is 4. The molecule has 0 N–H and O–H groups in total. The van der Waals surface area contributed by atoms with E-state index in [1.54, 1.807) is 31.7 Å². The molecule has 0 amide bonds. The number of esters is 3. The lowest BCUT2D eigenvalue weighted by Crippen LogP contribution is -2.36. The molecule has 63 heavy (non-hydrogen) atoms. The van der Waals surface area contributed by atoms with Gasteiger partial charge in [-0.1, -0.05) is 18.2 Å². The Labute approximate surface area is 370 Å². The number of hydrogen-bond donors (Lipinski definition) is 0. The third-order valence-electron chi connectivity index (χ3n) is 10.5. The maximum atomic E-state index is 13.3. The molecule has 2 heterocycles. The summed E-state index contributed by atoms with van der Waals surface area (Å²) in [5, 5.41) is 0. The van der Waals surface area contributed by atoms with Crippen LogP contribution in [0.2, 0.25) is 0 Å². The molecular weight excluding hydrogens is 809 g/mol. The molecule has 15 nitrogen and oxygen atoms in total. The molecular formula is C48H60N4O11. The highest BCUT2D eigenvalue weighted by molar-refractivity contribution is 5.79. The average molecular weight is 869 g/mol. The van der Waals surface area contributed by atoms with Crippen LogP contribution in [0.4, 0.5) is 22.7 Å². The first-order chi connectivity index (χ1) is 30.0. The molecule has 0 atom stereocenters. The maximum absolute atomic E-state index is 13.3. The Morgan fingerprint density at radius 1 is 0.651 bits per heavy atom. The van der Waals surface area contributed by atoms with Gasteiger partial charge in [0, 0.05) is 93.5 Å². The van der Waals surface area contributed by atoms with E-state index in [1.165, 1.54) is 14.2 Å². The van der Waals surface area contributed by atoms with Gasteiger partial charge in [-0.15, -0.1) is 0 Å². The predicted molar refractivity (Wildman–Crippen MR) is 242 cm³/mol. The number of anilines is 4. The largest absolute Gasteiger partial charge is 0.488 e. The number of carbonyl (C=O) groups excluding carboxylic acids is 3. The molecule has 6 rings (SSSR count). The van der Waals surface area contributed by atoms with Crippen molar-refractivity contribution < 1.29 is 52.3 Å². The quantitative estimate of drug-likeness (QED) is 0.110. The van der Waals surface area contributed by atoms with Crippen molar-refractivity contribution in [1.82, 2.24) is 0 Å². The van der Waals surface area contributed by atoms with E-state index in [1.807, 2.05) is 110 Å². The van der Waals surface area contributed by atoms with Crippen molar-refractivity contribution in [2.24, 2.45) is 0 Å². The highest BCUT2D eigenvalue weighted by Crippen LogP contribution is 2.53. The Morgan fingerprint density at radius 2 is 1.19 bits per heavy atom. The van der Waals surface area contributed by atoms with Crippen molar-refractivity contribution in [3.63, 3.8) is 0 Å². The summed E-state index contributed by atoms with van der Waals surface area (Å²) < 4.78 is 48.3. The predicted octanol–water partition coefficient (Wildman–Crippen LogP) is 6.58. The Hall–Kier alpha value is -6.35. The minimum Gasteiger partial charge on any atom is -0.488 e. The number of benzene rings is 4. The second-order valence-corrected chi connectivity index (χ2v) is 16.8. The van der Waals surface area contributed by atoms with Gasteiger partial charge in [-0.05, 0) is 63.6 Å². The van der Waals surface area contributed by atoms with E-state index in [4.69, 9.17) is 37.9 Å². The van der Waals surface area contributed by atoms with E-state index in [9.17, 15) is 14.4 Å². The van der Waals surface area contributed by atoms with Crippen LogP contribution in [0.5, 0.6) is 28.7 Å². The van der Waals surface area contributed by atoms with E-state index in [0.717, 1.165) is 28.1 Å². The lowest BCUT2D eigenvalue weighted by molar-refractivity contribution is -0.157. The van der Waals surface area contributed by atoms with Gasteiger partial charge in [-0.3, -0.25) is 9.59 Å². The van der Waals surface area contributed by atoms with Crippen LogP contribution in [0.25, 0.3) is 0 Å². The summed E-state index contributed by atoms with van der Waals surface area (Å²) in [6.45, 7) is 8.06. The number of methoxy groups -OCH3 is 2. The van der Waals surface area contributed by atoms with Gasteiger partial charge in [0.2, 0.25) is 0 Å². The summed E-state index contributed by atoms with van der Waals surface area (Å²) >= 11 is 0. The molecule has 0 aliphatic carbocycles. The van der Waals surface area contributed by atoms with Gasteiger partial charge in [-0.25, -0.2) is 4.79 Å². The van der Waals surface area contributed by atoms with E-state index in [2.05, 4.69) is 0 Å². The minimum atomic E-state index is -0.741. The summed E-state index contributed by atoms with van der Waals surface area (Å²) in [4.78, 5) is 46.6. The van der Waals surface area contributed by atoms with Crippen LogP contribution >= 0.6 is 0 Å². The highest BCUT2D eigenvalue weighted by Gasteiger charge is 2.34. The zero-order chi connectivity index (χ0) is 45.4. The standard InChI is InChI=1S/C48H60N4O11/c1-31-11-16-37-42(23-31)59-21-22-60-43-26-36(47-34-14-12-32(49(5)6)24-40(34)62-41-25-33(50(7)8)13-15-35(41)47)39(61-30-46(55)63-48(2,3)4)27-38(43)52(29-45(54)57-10)18-20-58-19-17-51(37)28-44(53)56-9/h11-16,23-27,47H,17-22,28-30H2,1-10H3. The first kappa shape index (κ1) is 46.2. The second kappa shape index (κ2) is 20.2. The van der Waals surface area contributed by atoms with Crippen LogP contribution in [0.3, 0.4) is 0 Å². The number of ether oxygens (including phenoxy) is 8. The van der Waals surface area contributed by atoms with Crippen LogP contribution in [0.15, 0.2) is 66.7 Å². The monoisotopic (exact) mass is 868 g/mol. The number of aryl methyl sites for hydroxylation is 1. The lowest BCUT2D eigenvalue weighted by atomic mass is 9.81. The van der Waals surface area contributed by atoms with Crippen molar-refractivity contribution in [2.75, 3.05) is 121 Å². The molecule has 0 spiro atoms. The zero-order valence-electron chi connectivity index (χ0n) is 38.1. The van der Waals surface area contributed by atoms with E-state index in [0.29, 0.717) is 52.2 Å². The van der Waals surface area contributed by atoms with Crippen molar-refractivity contribution >= 4 is 40.7 Å². The maximum Gasteiger partial charge on any atom is 0.344 e. The third kappa shape index (κ3) is 11.6. The summed E-state index contributed by atoms with van der Waals surface area (Å²) in [6.07, 6.45) is 0. The fourth-order valence-corrected chi connectivity index (χ4v) is 7.43. The van der Waals surface area contributed by atoms with Gasteiger partial charge in [-0.2, -0.15) is 0 Å². The second-order valence-electron chi connectivity index (χ2n) is 16.8. The third-order valence-corrected chi connectivity index (χ3v) is 10.5. The molecule has 338 valence electrons. The molecule has 0 bridgehead atoms. The number of hydrogen-bond acceptors (Lipinski definition) is 15. The van der Waals surface area contributed by atoms with Crippen molar-refractivity contribution in [3.05, 3.63) is 89.0 Å². The minimum absolute atomic E-state index is 0.0179. The van der Waals surface area contributed by atoms with E-state index < -0.39 is 29.4 Å². The first-order valence-electron chi connectivity index (χ1n) is 21.0. The molecule has 0 saturated heterocycles. The Balaban J connectivity index is 1.51. The van der Waals surface area contributed by atoms with Crippen LogP contribution < -0.4 is 38.5 Å². The lowest BCUT2D eigenvalue weighted by Gasteiger charge is -2.33. The van der Waals surface area contributed by atoms with Gasteiger partial charge < -0.3 is 57.5 Å². The molecule has 2 aliphatic heterocycles. The van der Waals surface area contributed by atoms with Crippen molar-refractivity contribution in [2.45, 2.75) is 39.2 Å². The normalized spacial score (nSPS) is 14.4. The molecule has 0 fully saturated rings. The number of rotatable bonds is 10. The average Bonchev–Trinajstić information content (AvgIpc) is 3.24. The fraction of sp³-hybridized carbons (Fsp3) is 0.438. The van der Waals surface area contributed by atoms with Gasteiger partial charge in [0.25, 0.3) is 0 Å². The fourth-order valence-electron chi connectivity index (χ4n) is 7.43. The van der Waals surface area contributed by atoms with E-state index >= 15 is 0 Å². The summed E-state index contributed by atoms with van der Waals surface area (Å²) in [5.41, 5.74) is 5.78. The molecule has 0 aromatic heterocycles. The van der Waals surface area contributed by atoms with Crippen LogP contribution in [-0.2, 0) is 33.3 Å². The number of fused-ring (bicyclic) bond motifs is 4. The Bertz CT molecular complexity index is 2210. The zero-order valence-corrected chi connectivity index (χ0v) is 38.1. The molecule has 0 unspecified atom stereocenters. The van der Waals surface area contributed by atoms with Crippen LogP contribution in [0.1, 0.15) is 48.9 Å². The smallest absolute Gasteiger partial charge is 0.344 e.